The molecule has 0 radical (unpaired) electrons. The standard InChI is InChI=1S/C18H23NO5S/c1-6-19(15-11-13(2)7-9-16(15)22-3)25(20,21)14-8-10-17(23-4)18(12-14)24-5/h7-12H,6H2,1-5H3. The first kappa shape index (κ1) is 18.9. The van der Waals surface area contributed by atoms with Crippen LogP contribution in [-0.2, 0) is 10.0 Å². The second-order valence-electron chi connectivity index (χ2n) is 5.36. The van der Waals surface area contributed by atoms with Crippen molar-refractivity contribution < 1.29 is 22.6 Å². The first-order valence-corrected chi connectivity index (χ1v) is 9.22. The quantitative estimate of drug-likeness (QED) is 0.754. The van der Waals surface area contributed by atoms with E-state index >= 15 is 0 Å². The van der Waals surface area contributed by atoms with Gasteiger partial charge in [-0.2, -0.15) is 0 Å². The summed E-state index contributed by atoms with van der Waals surface area (Å²) in [6.07, 6.45) is 0. The van der Waals surface area contributed by atoms with Gasteiger partial charge in [0.15, 0.2) is 11.5 Å². The summed E-state index contributed by atoms with van der Waals surface area (Å²) in [5.41, 5.74) is 1.44. The molecular weight excluding hydrogens is 342 g/mol. The molecule has 136 valence electrons. The normalized spacial score (nSPS) is 11.1. The van der Waals surface area contributed by atoms with Crippen molar-refractivity contribution >= 4 is 15.7 Å². The number of sulfonamides is 1. The van der Waals surface area contributed by atoms with E-state index in [1.807, 2.05) is 13.0 Å². The van der Waals surface area contributed by atoms with Crippen molar-refractivity contribution in [2.75, 3.05) is 32.2 Å². The van der Waals surface area contributed by atoms with Crippen LogP contribution in [0.5, 0.6) is 17.2 Å². The number of methoxy groups -OCH3 is 3. The van der Waals surface area contributed by atoms with Crippen LogP contribution >= 0.6 is 0 Å². The number of ether oxygens (including phenoxy) is 3. The Labute approximate surface area is 149 Å². The molecule has 7 heteroatoms. The summed E-state index contributed by atoms with van der Waals surface area (Å²) < 4.78 is 43.4. The number of rotatable bonds is 7. The van der Waals surface area contributed by atoms with Crippen LogP contribution < -0.4 is 18.5 Å². The van der Waals surface area contributed by atoms with Crippen molar-refractivity contribution in [2.45, 2.75) is 18.7 Å². The maximum absolute atomic E-state index is 13.2. The van der Waals surface area contributed by atoms with E-state index in [4.69, 9.17) is 14.2 Å². The highest BCUT2D eigenvalue weighted by molar-refractivity contribution is 7.92. The van der Waals surface area contributed by atoms with Crippen LogP contribution in [-0.4, -0.2) is 36.3 Å². The minimum atomic E-state index is -3.79. The molecule has 0 atom stereocenters. The Morgan fingerprint density at radius 2 is 1.48 bits per heavy atom. The second kappa shape index (κ2) is 7.65. The summed E-state index contributed by atoms with van der Waals surface area (Å²) in [7, 11) is 0.695. The summed E-state index contributed by atoms with van der Waals surface area (Å²) in [4.78, 5) is 0.121. The van der Waals surface area contributed by atoms with Gasteiger partial charge in [0.2, 0.25) is 0 Å². The first-order valence-electron chi connectivity index (χ1n) is 7.78. The molecule has 0 bridgehead atoms. The fourth-order valence-electron chi connectivity index (χ4n) is 2.57. The third kappa shape index (κ3) is 3.66. The van der Waals surface area contributed by atoms with Gasteiger partial charge < -0.3 is 14.2 Å². The van der Waals surface area contributed by atoms with Gasteiger partial charge in [-0.3, -0.25) is 4.31 Å². The predicted molar refractivity (Wildman–Crippen MR) is 97.5 cm³/mol. The van der Waals surface area contributed by atoms with Crippen LogP contribution in [0.2, 0.25) is 0 Å². The largest absolute Gasteiger partial charge is 0.495 e. The van der Waals surface area contributed by atoms with Gasteiger partial charge in [-0.15, -0.1) is 0 Å². The molecule has 0 saturated heterocycles. The molecule has 2 rings (SSSR count). The van der Waals surface area contributed by atoms with E-state index in [1.165, 1.54) is 37.8 Å². The Kier molecular flexibility index (Phi) is 5.79. The van der Waals surface area contributed by atoms with E-state index < -0.39 is 10.0 Å². The van der Waals surface area contributed by atoms with Gasteiger partial charge in [-0.05, 0) is 43.7 Å². The van der Waals surface area contributed by atoms with Crippen molar-refractivity contribution in [2.24, 2.45) is 0 Å². The van der Waals surface area contributed by atoms with E-state index in [0.29, 0.717) is 22.9 Å². The van der Waals surface area contributed by atoms with Crippen LogP contribution in [0.3, 0.4) is 0 Å². The van der Waals surface area contributed by atoms with Crippen LogP contribution in [0.25, 0.3) is 0 Å². The van der Waals surface area contributed by atoms with E-state index in [2.05, 4.69) is 0 Å². The Morgan fingerprint density at radius 3 is 2.04 bits per heavy atom. The molecule has 0 heterocycles. The van der Waals surface area contributed by atoms with E-state index in [0.717, 1.165) is 5.56 Å². The molecule has 25 heavy (non-hydrogen) atoms. The average Bonchev–Trinajstić information content (AvgIpc) is 2.61. The lowest BCUT2D eigenvalue weighted by molar-refractivity contribution is 0.354. The van der Waals surface area contributed by atoms with Crippen molar-refractivity contribution in [1.29, 1.82) is 0 Å². The van der Waals surface area contributed by atoms with Crippen molar-refractivity contribution in [1.82, 2.24) is 0 Å². The lowest BCUT2D eigenvalue weighted by Gasteiger charge is -2.25. The minimum Gasteiger partial charge on any atom is -0.495 e. The Balaban J connectivity index is 2.59. The van der Waals surface area contributed by atoms with Gasteiger partial charge in [-0.1, -0.05) is 6.07 Å². The number of anilines is 1. The highest BCUT2D eigenvalue weighted by Gasteiger charge is 2.27. The monoisotopic (exact) mass is 365 g/mol. The fraction of sp³-hybridized carbons (Fsp3) is 0.333. The van der Waals surface area contributed by atoms with E-state index in [1.54, 1.807) is 25.1 Å². The molecule has 6 nitrogen and oxygen atoms in total. The van der Waals surface area contributed by atoms with Crippen molar-refractivity contribution in [3.63, 3.8) is 0 Å². The van der Waals surface area contributed by atoms with Gasteiger partial charge in [0.25, 0.3) is 10.0 Å². The molecule has 0 aromatic heterocycles. The molecule has 0 aliphatic heterocycles. The third-order valence-electron chi connectivity index (χ3n) is 3.83. The molecule has 2 aromatic rings. The zero-order valence-corrected chi connectivity index (χ0v) is 15.9. The van der Waals surface area contributed by atoms with Gasteiger partial charge in [-0.25, -0.2) is 8.42 Å². The summed E-state index contributed by atoms with van der Waals surface area (Å²) >= 11 is 0. The molecule has 0 aliphatic rings. The van der Waals surface area contributed by atoms with Crippen molar-refractivity contribution in [3.05, 3.63) is 42.0 Å². The van der Waals surface area contributed by atoms with Crippen LogP contribution in [0.4, 0.5) is 5.69 Å². The number of nitrogens with zero attached hydrogens (tertiary/aromatic N) is 1. The smallest absolute Gasteiger partial charge is 0.264 e. The lowest BCUT2D eigenvalue weighted by atomic mass is 10.2. The molecular formula is C18H23NO5S. The fourth-order valence-corrected chi connectivity index (χ4v) is 4.06. The van der Waals surface area contributed by atoms with Gasteiger partial charge in [0.1, 0.15) is 5.75 Å². The SMILES string of the molecule is CCN(c1cc(C)ccc1OC)S(=O)(=O)c1ccc(OC)c(OC)c1. The zero-order valence-electron chi connectivity index (χ0n) is 15.1. The van der Waals surface area contributed by atoms with Crippen LogP contribution in [0, 0.1) is 6.92 Å². The Morgan fingerprint density at radius 1 is 0.880 bits per heavy atom. The van der Waals surface area contributed by atoms with E-state index in [9.17, 15) is 8.42 Å². The molecule has 2 aromatic carbocycles. The summed E-state index contributed by atoms with van der Waals surface area (Å²) in [6, 6.07) is 9.96. The Bertz CT molecular complexity index is 849. The highest BCUT2D eigenvalue weighted by atomic mass is 32.2. The van der Waals surface area contributed by atoms with Crippen LogP contribution in [0.15, 0.2) is 41.3 Å². The third-order valence-corrected chi connectivity index (χ3v) is 5.72. The number of hydrogen-bond acceptors (Lipinski definition) is 5. The number of hydrogen-bond donors (Lipinski definition) is 0. The average molecular weight is 365 g/mol. The summed E-state index contributed by atoms with van der Waals surface area (Å²) in [6.45, 7) is 3.94. The summed E-state index contributed by atoms with van der Waals surface area (Å²) in [5, 5.41) is 0. The summed E-state index contributed by atoms with van der Waals surface area (Å²) in [5.74, 6) is 1.32. The van der Waals surface area contributed by atoms with Gasteiger partial charge in [0.05, 0.1) is 31.9 Å². The first-order chi connectivity index (χ1) is 11.9. The molecule has 0 unspecified atom stereocenters. The number of aryl methyl sites for hydroxylation is 1. The Hall–Kier alpha value is -2.41. The molecule has 0 saturated carbocycles. The topological polar surface area (TPSA) is 65.1 Å². The molecule has 0 N–H and O–H groups in total. The molecule has 0 amide bonds. The highest BCUT2D eigenvalue weighted by Crippen LogP contribution is 2.35. The predicted octanol–water partition coefficient (Wildman–Crippen LogP) is 3.24. The second-order valence-corrected chi connectivity index (χ2v) is 7.22. The van der Waals surface area contributed by atoms with Gasteiger partial charge in [0, 0.05) is 12.6 Å². The van der Waals surface area contributed by atoms with Gasteiger partial charge >= 0.3 is 0 Å². The van der Waals surface area contributed by atoms with Crippen molar-refractivity contribution in [3.8, 4) is 17.2 Å². The zero-order chi connectivity index (χ0) is 18.6. The van der Waals surface area contributed by atoms with E-state index in [-0.39, 0.29) is 11.4 Å². The maximum Gasteiger partial charge on any atom is 0.264 e. The van der Waals surface area contributed by atoms with Crippen LogP contribution in [0.1, 0.15) is 12.5 Å². The lowest BCUT2D eigenvalue weighted by Crippen LogP contribution is -2.31. The molecule has 0 aliphatic carbocycles. The number of benzene rings is 2. The maximum atomic E-state index is 13.2. The minimum absolute atomic E-state index is 0.121. The molecule has 0 fully saturated rings. The molecule has 0 spiro atoms.